The van der Waals surface area contributed by atoms with Crippen molar-refractivity contribution in [2.45, 2.75) is 19.9 Å². The van der Waals surface area contributed by atoms with Crippen molar-refractivity contribution in [2.75, 3.05) is 66.6 Å². The fourth-order valence-electron chi connectivity index (χ4n) is 2.95. The largest absolute Gasteiger partial charge is 0.497 e. The van der Waals surface area contributed by atoms with Crippen LogP contribution in [-0.4, -0.2) is 88.4 Å². The molecule has 28 heavy (non-hydrogen) atoms. The predicted molar refractivity (Wildman–Crippen MR) is 126 cm³/mol. The molecule has 1 aromatic rings. The normalized spacial score (nSPS) is 16.8. The monoisotopic (exact) mass is 505 g/mol. The summed E-state index contributed by atoms with van der Waals surface area (Å²) >= 11 is 0. The molecule has 0 saturated carbocycles. The number of hydrogen-bond donors (Lipinski definition) is 2. The van der Waals surface area contributed by atoms with E-state index in [2.05, 4.69) is 41.3 Å². The molecular formula is C20H36IN5O2. The van der Waals surface area contributed by atoms with Crippen LogP contribution in [-0.2, 0) is 0 Å². The number of halogens is 1. The highest BCUT2D eigenvalue weighted by molar-refractivity contribution is 14.0. The highest BCUT2D eigenvalue weighted by atomic mass is 127. The molecule has 1 saturated heterocycles. The molecule has 1 aliphatic heterocycles. The molecule has 0 aliphatic carbocycles. The van der Waals surface area contributed by atoms with Gasteiger partial charge in [-0.05, 0) is 45.2 Å². The van der Waals surface area contributed by atoms with Crippen LogP contribution >= 0.6 is 24.0 Å². The number of rotatable bonds is 9. The van der Waals surface area contributed by atoms with Crippen LogP contribution in [0.15, 0.2) is 29.3 Å². The minimum absolute atomic E-state index is 0. The van der Waals surface area contributed by atoms with E-state index in [9.17, 15) is 0 Å². The molecular weight excluding hydrogens is 469 g/mol. The molecule has 160 valence electrons. The summed E-state index contributed by atoms with van der Waals surface area (Å²) in [7, 11) is 3.84. The molecule has 8 heteroatoms. The first-order valence-electron chi connectivity index (χ1n) is 9.84. The Kier molecular flexibility index (Phi) is 12.2. The van der Waals surface area contributed by atoms with Crippen LogP contribution in [0.3, 0.4) is 0 Å². The van der Waals surface area contributed by atoms with Gasteiger partial charge in [-0.3, -0.25) is 9.89 Å². The lowest BCUT2D eigenvalue weighted by molar-refractivity contribution is 0.122. The second-order valence-electron chi connectivity index (χ2n) is 6.86. The van der Waals surface area contributed by atoms with Gasteiger partial charge in [0.15, 0.2) is 5.96 Å². The lowest BCUT2D eigenvalue weighted by atomic mass is 10.2. The van der Waals surface area contributed by atoms with E-state index in [0.29, 0.717) is 19.2 Å². The Labute approximate surface area is 186 Å². The number of nitrogens with one attached hydrogen (secondary N) is 2. The van der Waals surface area contributed by atoms with E-state index in [4.69, 9.17) is 14.5 Å². The average molecular weight is 505 g/mol. The van der Waals surface area contributed by atoms with Gasteiger partial charge in [-0.15, -0.1) is 24.0 Å². The average Bonchev–Trinajstić information content (AvgIpc) is 2.70. The van der Waals surface area contributed by atoms with E-state index in [1.165, 1.54) is 0 Å². The molecule has 0 amide bonds. The Morgan fingerprint density at radius 2 is 1.75 bits per heavy atom. The summed E-state index contributed by atoms with van der Waals surface area (Å²) in [4.78, 5) is 9.63. The van der Waals surface area contributed by atoms with Gasteiger partial charge in [-0.2, -0.15) is 0 Å². The van der Waals surface area contributed by atoms with E-state index in [1.807, 2.05) is 24.3 Å². The van der Waals surface area contributed by atoms with Crippen LogP contribution < -0.4 is 20.1 Å². The molecule has 1 heterocycles. The molecule has 0 aromatic heterocycles. The maximum atomic E-state index is 5.75. The fraction of sp³-hybridized carbons (Fsp3) is 0.650. The summed E-state index contributed by atoms with van der Waals surface area (Å²) in [6.45, 7) is 11.7. The van der Waals surface area contributed by atoms with Crippen molar-refractivity contribution in [3.63, 3.8) is 0 Å². The summed E-state index contributed by atoms with van der Waals surface area (Å²) in [5, 5.41) is 6.64. The lowest BCUT2D eigenvalue weighted by Gasteiger charge is -2.35. The van der Waals surface area contributed by atoms with Gasteiger partial charge >= 0.3 is 0 Å². The lowest BCUT2D eigenvalue weighted by Crippen LogP contribution is -2.49. The maximum Gasteiger partial charge on any atom is 0.191 e. The van der Waals surface area contributed by atoms with Gasteiger partial charge in [0.05, 0.1) is 20.2 Å². The van der Waals surface area contributed by atoms with Gasteiger partial charge in [0.25, 0.3) is 0 Å². The van der Waals surface area contributed by atoms with Crippen LogP contribution in [0.25, 0.3) is 0 Å². The number of guanidine groups is 1. The van der Waals surface area contributed by atoms with E-state index >= 15 is 0 Å². The molecule has 2 rings (SSSR count). The van der Waals surface area contributed by atoms with E-state index in [1.54, 1.807) is 7.11 Å². The number of benzene rings is 1. The summed E-state index contributed by atoms with van der Waals surface area (Å²) in [5.41, 5.74) is 0. The fourth-order valence-corrected chi connectivity index (χ4v) is 2.95. The van der Waals surface area contributed by atoms with Crippen LogP contribution in [0.2, 0.25) is 0 Å². The third-order valence-electron chi connectivity index (χ3n) is 4.74. The summed E-state index contributed by atoms with van der Waals surface area (Å²) in [5.74, 6) is 2.51. The minimum Gasteiger partial charge on any atom is -0.497 e. The molecule has 1 fully saturated rings. The summed E-state index contributed by atoms with van der Waals surface area (Å²) in [6, 6.07) is 8.07. The first kappa shape index (κ1) is 24.8. The molecule has 0 bridgehead atoms. The van der Waals surface area contributed by atoms with Crippen LogP contribution in [0.5, 0.6) is 11.5 Å². The van der Waals surface area contributed by atoms with Gasteiger partial charge in [0.1, 0.15) is 18.1 Å². The Balaban J connectivity index is 0.00000392. The van der Waals surface area contributed by atoms with Crippen LogP contribution in [0.1, 0.15) is 13.8 Å². The van der Waals surface area contributed by atoms with Crippen molar-refractivity contribution >= 4 is 29.9 Å². The molecule has 0 spiro atoms. The zero-order valence-electron chi connectivity index (χ0n) is 17.6. The molecule has 0 radical (unpaired) electrons. The molecule has 2 N–H and O–H groups in total. The summed E-state index contributed by atoms with van der Waals surface area (Å²) in [6.07, 6.45) is 0. The minimum atomic E-state index is 0. The van der Waals surface area contributed by atoms with Gasteiger partial charge in [0.2, 0.25) is 0 Å². The van der Waals surface area contributed by atoms with Crippen molar-refractivity contribution in [1.82, 2.24) is 20.4 Å². The SMILES string of the molecule is CCNC(=NCC(C)N1CCN(C)CC1)NCCOc1ccc(OC)cc1.I. The highest BCUT2D eigenvalue weighted by Gasteiger charge is 2.18. The number of ether oxygens (including phenoxy) is 2. The van der Waals surface area contributed by atoms with Gasteiger partial charge in [-0.1, -0.05) is 0 Å². The van der Waals surface area contributed by atoms with E-state index < -0.39 is 0 Å². The third-order valence-corrected chi connectivity index (χ3v) is 4.74. The Hall–Kier alpha value is -1.26. The highest BCUT2D eigenvalue weighted by Crippen LogP contribution is 2.16. The van der Waals surface area contributed by atoms with Crippen molar-refractivity contribution in [1.29, 1.82) is 0 Å². The Morgan fingerprint density at radius 3 is 2.36 bits per heavy atom. The van der Waals surface area contributed by atoms with Crippen molar-refractivity contribution in [3.05, 3.63) is 24.3 Å². The molecule has 1 atom stereocenters. The number of nitrogens with zero attached hydrogens (tertiary/aromatic N) is 3. The first-order chi connectivity index (χ1) is 13.1. The van der Waals surface area contributed by atoms with E-state index in [0.717, 1.165) is 56.7 Å². The standard InChI is InChI=1S/C20H35N5O2.HI/c1-5-21-20(23-16-17(2)25-13-11-24(3)12-14-25)22-10-15-27-19-8-6-18(26-4)7-9-19;/h6-9,17H,5,10-16H2,1-4H3,(H2,21,22,23);1H. The Morgan fingerprint density at radius 1 is 1.11 bits per heavy atom. The number of aliphatic imine (C=N–C) groups is 1. The maximum absolute atomic E-state index is 5.75. The molecule has 1 unspecified atom stereocenters. The van der Waals surface area contributed by atoms with Crippen LogP contribution in [0.4, 0.5) is 0 Å². The molecule has 1 aliphatic rings. The number of piperazine rings is 1. The van der Waals surface area contributed by atoms with Gasteiger partial charge in [-0.25, -0.2) is 0 Å². The zero-order chi connectivity index (χ0) is 19.5. The van der Waals surface area contributed by atoms with Crippen molar-refractivity contribution < 1.29 is 9.47 Å². The predicted octanol–water partition coefficient (Wildman–Crippen LogP) is 1.88. The Bertz CT molecular complexity index is 562. The smallest absolute Gasteiger partial charge is 0.191 e. The summed E-state index contributed by atoms with van der Waals surface area (Å²) < 4.78 is 10.9. The number of likely N-dealkylation sites (N-methyl/N-ethyl adjacent to an activating group) is 1. The molecule has 1 aromatic carbocycles. The van der Waals surface area contributed by atoms with Gasteiger partial charge < -0.3 is 25.0 Å². The van der Waals surface area contributed by atoms with Gasteiger partial charge in [0, 0.05) is 38.8 Å². The van der Waals surface area contributed by atoms with Crippen LogP contribution in [0, 0.1) is 0 Å². The number of methoxy groups -OCH3 is 1. The molecule has 7 nitrogen and oxygen atoms in total. The second-order valence-corrected chi connectivity index (χ2v) is 6.86. The number of hydrogen-bond acceptors (Lipinski definition) is 5. The quantitative estimate of drug-likeness (QED) is 0.232. The zero-order valence-corrected chi connectivity index (χ0v) is 19.9. The van der Waals surface area contributed by atoms with E-state index in [-0.39, 0.29) is 24.0 Å². The topological polar surface area (TPSA) is 61.4 Å². The second kappa shape index (κ2) is 13.8. The first-order valence-corrected chi connectivity index (χ1v) is 9.84. The van der Waals surface area contributed by atoms with Crippen molar-refractivity contribution in [2.24, 2.45) is 4.99 Å². The van der Waals surface area contributed by atoms with Crippen molar-refractivity contribution in [3.8, 4) is 11.5 Å². The third kappa shape index (κ3) is 8.83.